The molecule has 3 fully saturated rings. The van der Waals surface area contributed by atoms with Gasteiger partial charge in [0.15, 0.2) is 0 Å². The van der Waals surface area contributed by atoms with E-state index in [0.29, 0.717) is 50.1 Å². The molecule has 0 aromatic heterocycles. The Hall–Kier alpha value is -2.62. The Kier molecular flexibility index (Phi) is 8.49. The van der Waals surface area contributed by atoms with Crippen LogP contribution in [0.5, 0.6) is 0 Å². The molecule has 2 amide bonds. The molecular weight excluding hydrogens is 536 g/mol. The van der Waals surface area contributed by atoms with Crippen molar-refractivity contribution in [2.75, 3.05) is 43.3 Å². The third-order valence-electron chi connectivity index (χ3n) is 8.09. The maximum Gasteiger partial charge on any atom is 0.245 e. The Morgan fingerprint density at radius 2 is 1.72 bits per heavy atom. The number of nitrogens with one attached hydrogen (secondary N) is 2. The van der Waals surface area contributed by atoms with E-state index in [1.165, 1.54) is 6.26 Å². The molecule has 210 valence electrons. The van der Waals surface area contributed by atoms with Gasteiger partial charge in [-0.05, 0) is 66.8 Å². The van der Waals surface area contributed by atoms with Crippen molar-refractivity contribution in [1.82, 2.24) is 15.5 Å². The van der Waals surface area contributed by atoms with E-state index in [9.17, 15) is 18.0 Å². The number of para-hydroxylation sites is 1. The van der Waals surface area contributed by atoms with Crippen molar-refractivity contribution in [2.24, 2.45) is 11.8 Å². The topological polar surface area (TPSA) is 98.8 Å². The molecule has 1 atom stereocenters. The van der Waals surface area contributed by atoms with Gasteiger partial charge in [-0.2, -0.15) is 0 Å². The largest absolute Gasteiger partial charge is 0.344 e. The van der Waals surface area contributed by atoms with Crippen LogP contribution in [0.15, 0.2) is 48.5 Å². The van der Waals surface area contributed by atoms with Crippen molar-refractivity contribution in [3.8, 4) is 0 Å². The third-order valence-corrected chi connectivity index (χ3v) is 9.49. The van der Waals surface area contributed by atoms with Crippen LogP contribution >= 0.6 is 11.6 Å². The predicted molar refractivity (Wildman–Crippen MR) is 153 cm³/mol. The van der Waals surface area contributed by atoms with E-state index in [1.54, 1.807) is 16.4 Å². The molecule has 2 aromatic rings. The van der Waals surface area contributed by atoms with Crippen molar-refractivity contribution in [1.29, 1.82) is 0 Å². The predicted octanol–water partition coefficient (Wildman–Crippen LogP) is 3.17. The molecule has 2 N–H and O–H groups in total. The van der Waals surface area contributed by atoms with Crippen molar-refractivity contribution >= 4 is 39.1 Å². The van der Waals surface area contributed by atoms with Crippen molar-refractivity contribution in [3.63, 3.8) is 0 Å². The number of benzene rings is 2. The lowest BCUT2D eigenvalue weighted by molar-refractivity contribution is -0.138. The van der Waals surface area contributed by atoms with Gasteiger partial charge in [-0.3, -0.25) is 13.9 Å². The van der Waals surface area contributed by atoms with Crippen LogP contribution in [0.4, 0.5) is 5.69 Å². The summed E-state index contributed by atoms with van der Waals surface area (Å²) in [6.45, 7) is 2.89. The highest BCUT2D eigenvalue weighted by atomic mass is 35.5. The van der Waals surface area contributed by atoms with E-state index in [4.69, 9.17) is 11.6 Å². The second kappa shape index (κ2) is 11.9. The molecule has 3 aliphatic rings. The van der Waals surface area contributed by atoms with E-state index in [0.717, 1.165) is 42.5 Å². The summed E-state index contributed by atoms with van der Waals surface area (Å²) < 4.78 is 27.0. The van der Waals surface area contributed by atoms with E-state index in [2.05, 4.69) is 10.6 Å². The SMILES string of the molecule is CS(=O)(=O)N(CC1CC1)c1ccccc1C1CCN(C(=O)C(Cc2ccc(Cl)cc2)NC(=O)C2CNC2)CC1. The van der Waals surface area contributed by atoms with Gasteiger partial charge < -0.3 is 15.5 Å². The first-order valence-electron chi connectivity index (χ1n) is 13.8. The summed E-state index contributed by atoms with van der Waals surface area (Å²) in [7, 11) is -3.40. The first kappa shape index (κ1) is 27.9. The standard InChI is InChI=1S/C29H37ClN4O4S/c1-39(37,38)34(19-21-6-7-21)27-5-3-2-4-25(27)22-12-14-33(15-13-22)29(36)26(32-28(35)23-17-31-18-23)16-20-8-10-24(30)11-9-20/h2-5,8-11,21-23,26,31H,6-7,12-19H2,1H3,(H,32,35). The summed E-state index contributed by atoms with van der Waals surface area (Å²) in [6, 6.07) is 14.5. The number of anilines is 1. The third kappa shape index (κ3) is 6.94. The van der Waals surface area contributed by atoms with E-state index in [1.807, 2.05) is 41.3 Å². The minimum Gasteiger partial charge on any atom is -0.344 e. The Labute approximate surface area is 236 Å². The summed E-state index contributed by atoms with van der Waals surface area (Å²) in [5.41, 5.74) is 2.72. The number of nitrogens with zero attached hydrogens (tertiary/aromatic N) is 2. The molecule has 0 spiro atoms. The van der Waals surface area contributed by atoms with Gasteiger partial charge >= 0.3 is 0 Å². The molecule has 2 aromatic carbocycles. The van der Waals surface area contributed by atoms with E-state index < -0.39 is 16.1 Å². The number of likely N-dealkylation sites (tertiary alicyclic amines) is 1. The average molecular weight is 573 g/mol. The molecule has 1 aliphatic carbocycles. The normalized spacial score (nSPS) is 19.3. The van der Waals surface area contributed by atoms with Crippen LogP contribution in [0.25, 0.3) is 0 Å². The van der Waals surface area contributed by atoms with Gasteiger partial charge in [0, 0.05) is 44.2 Å². The van der Waals surface area contributed by atoms with Crippen LogP contribution < -0.4 is 14.9 Å². The van der Waals surface area contributed by atoms with Crippen LogP contribution in [0.3, 0.4) is 0 Å². The van der Waals surface area contributed by atoms with Crippen LogP contribution in [0, 0.1) is 11.8 Å². The average Bonchev–Trinajstić information content (AvgIpc) is 3.71. The zero-order valence-electron chi connectivity index (χ0n) is 22.3. The van der Waals surface area contributed by atoms with Gasteiger partial charge in [0.05, 0.1) is 17.9 Å². The number of sulfonamides is 1. The Bertz CT molecular complexity index is 1290. The molecule has 0 radical (unpaired) electrons. The molecule has 10 heteroatoms. The number of rotatable bonds is 10. The summed E-state index contributed by atoms with van der Waals surface area (Å²) in [6.07, 6.45) is 5.28. The fourth-order valence-electron chi connectivity index (χ4n) is 5.46. The Morgan fingerprint density at radius 3 is 2.31 bits per heavy atom. The molecule has 1 saturated carbocycles. The van der Waals surface area contributed by atoms with Crippen LogP contribution in [0.1, 0.15) is 42.7 Å². The fourth-order valence-corrected chi connectivity index (χ4v) is 6.59. The lowest BCUT2D eigenvalue weighted by Gasteiger charge is -2.37. The smallest absolute Gasteiger partial charge is 0.245 e. The van der Waals surface area contributed by atoms with Crippen LogP contribution in [-0.2, 0) is 26.0 Å². The number of amides is 2. The van der Waals surface area contributed by atoms with Crippen molar-refractivity contribution in [3.05, 3.63) is 64.7 Å². The molecule has 2 heterocycles. The maximum absolute atomic E-state index is 13.7. The molecule has 1 unspecified atom stereocenters. The Morgan fingerprint density at radius 1 is 1.05 bits per heavy atom. The fraction of sp³-hybridized carbons (Fsp3) is 0.517. The first-order chi connectivity index (χ1) is 18.7. The Balaban J connectivity index is 1.28. The van der Waals surface area contributed by atoms with E-state index in [-0.39, 0.29) is 23.7 Å². The van der Waals surface area contributed by atoms with Gasteiger partial charge in [-0.25, -0.2) is 8.42 Å². The minimum absolute atomic E-state index is 0.0798. The number of carbonyl (C=O) groups excluding carboxylic acids is 2. The molecule has 8 nitrogen and oxygen atoms in total. The summed E-state index contributed by atoms with van der Waals surface area (Å²) in [5.74, 6) is 0.293. The second-order valence-corrected chi connectivity index (χ2v) is 13.5. The summed E-state index contributed by atoms with van der Waals surface area (Å²) in [4.78, 5) is 28.3. The highest BCUT2D eigenvalue weighted by molar-refractivity contribution is 7.92. The highest BCUT2D eigenvalue weighted by Crippen LogP contribution is 2.38. The molecule has 5 rings (SSSR count). The molecule has 2 aliphatic heterocycles. The number of carbonyl (C=O) groups is 2. The molecule has 0 bridgehead atoms. The van der Waals surface area contributed by atoms with Crippen LogP contribution in [-0.4, -0.2) is 70.2 Å². The molecule has 39 heavy (non-hydrogen) atoms. The molecular formula is C29H37ClN4O4S. The lowest BCUT2D eigenvalue weighted by Crippen LogP contribution is -2.57. The summed E-state index contributed by atoms with van der Waals surface area (Å²) >= 11 is 6.04. The number of hydrogen-bond donors (Lipinski definition) is 2. The molecule has 2 saturated heterocycles. The van der Waals surface area contributed by atoms with Gasteiger partial charge in [-0.15, -0.1) is 0 Å². The number of hydrogen-bond acceptors (Lipinski definition) is 5. The number of halogens is 1. The maximum atomic E-state index is 13.7. The zero-order valence-corrected chi connectivity index (χ0v) is 23.9. The van der Waals surface area contributed by atoms with Crippen molar-refractivity contribution < 1.29 is 18.0 Å². The quantitative estimate of drug-likeness (QED) is 0.456. The van der Waals surface area contributed by atoms with Gasteiger partial charge in [0.2, 0.25) is 21.8 Å². The van der Waals surface area contributed by atoms with Gasteiger partial charge in [-0.1, -0.05) is 41.9 Å². The monoisotopic (exact) mass is 572 g/mol. The van der Waals surface area contributed by atoms with E-state index >= 15 is 0 Å². The van der Waals surface area contributed by atoms with Gasteiger partial charge in [0.25, 0.3) is 0 Å². The van der Waals surface area contributed by atoms with Crippen LogP contribution in [0.2, 0.25) is 5.02 Å². The van der Waals surface area contributed by atoms with Crippen molar-refractivity contribution in [2.45, 2.75) is 44.1 Å². The highest BCUT2D eigenvalue weighted by Gasteiger charge is 2.35. The first-order valence-corrected chi connectivity index (χ1v) is 16.0. The second-order valence-electron chi connectivity index (χ2n) is 11.1. The number of piperidine rings is 1. The van der Waals surface area contributed by atoms with Gasteiger partial charge in [0.1, 0.15) is 6.04 Å². The lowest BCUT2D eigenvalue weighted by atomic mass is 9.87. The summed E-state index contributed by atoms with van der Waals surface area (Å²) in [5, 5.41) is 6.74. The zero-order chi connectivity index (χ0) is 27.6. The minimum atomic E-state index is -3.40.